The van der Waals surface area contributed by atoms with E-state index in [4.69, 9.17) is 14.7 Å². The SMILES string of the molecule is C1CCOC1.CCNC1CCC(Nc2nc(N(C)C)c3ccccc3n2)CC1. The average molecular weight is 386 g/mol. The Bertz CT molecular complexity index is 716. The number of hydrogen-bond donors (Lipinski definition) is 2. The van der Waals surface area contributed by atoms with Gasteiger partial charge in [-0.25, -0.2) is 4.98 Å². The fourth-order valence-corrected chi connectivity index (χ4v) is 3.89. The zero-order valence-corrected chi connectivity index (χ0v) is 17.6. The van der Waals surface area contributed by atoms with Gasteiger partial charge in [-0.3, -0.25) is 0 Å². The summed E-state index contributed by atoms with van der Waals surface area (Å²) < 4.78 is 4.94. The molecule has 2 heterocycles. The van der Waals surface area contributed by atoms with Crippen LogP contribution in [0.3, 0.4) is 0 Å². The van der Waals surface area contributed by atoms with E-state index in [1.54, 1.807) is 0 Å². The summed E-state index contributed by atoms with van der Waals surface area (Å²) in [6.45, 7) is 5.23. The summed E-state index contributed by atoms with van der Waals surface area (Å²) in [5, 5.41) is 8.20. The van der Waals surface area contributed by atoms with Gasteiger partial charge in [-0.15, -0.1) is 0 Å². The van der Waals surface area contributed by atoms with Crippen molar-refractivity contribution in [2.75, 3.05) is 44.1 Å². The first kappa shape index (κ1) is 20.8. The number of benzene rings is 1. The minimum atomic E-state index is 0.473. The van der Waals surface area contributed by atoms with Gasteiger partial charge < -0.3 is 20.3 Å². The fourth-order valence-electron chi connectivity index (χ4n) is 3.89. The van der Waals surface area contributed by atoms with E-state index in [1.807, 2.05) is 26.2 Å². The Balaban J connectivity index is 0.000000391. The third-order valence-electron chi connectivity index (χ3n) is 5.39. The Hall–Kier alpha value is -1.92. The van der Waals surface area contributed by atoms with Crippen LogP contribution >= 0.6 is 0 Å². The van der Waals surface area contributed by atoms with E-state index in [9.17, 15) is 0 Å². The summed E-state index contributed by atoms with van der Waals surface area (Å²) >= 11 is 0. The molecule has 4 rings (SSSR count). The van der Waals surface area contributed by atoms with Crippen LogP contribution in [0.2, 0.25) is 0 Å². The molecule has 0 bridgehead atoms. The topological polar surface area (TPSA) is 62.3 Å². The van der Waals surface area contributed by atoms with Gasteiger partial charge in [0.25, 0.3) is 0 Å². The molecule has 1 saturated heterocycles. The smallest absolute Gasteiger partial charge is 0.225 e. The summed E-state index contributed by atoms with van der Waals surface area (Å²) in [5.41, 5.74) is 0.995. The van der Waals surface area contributed by atoms with Crippen molar-refractivity contribution in [3.05, 3.63) is 24.3 Å². The molecule has 0 amide bonds. The first-order valence-corrected chi connectivity index (χ1v) is 10.7. The van der Waals surface area contributed by atoms with Crippen molar-refractivity contribution in [3.8, 4) is 0 Å². The monoisotopic (exact) mass is 385 g/mol. The highest BCUT2D eigenvalue weighted by atomic mass is 16.5. The van der Waals surface area contributed by atoms with Crippen LogP contribution in [0.25, 0.3) is 10.9 Å². The molecule has 2 aromatic rings. The zero-order chi connectivity index (χ0) is 19.8. The molecule has 1 aromatic heterocycles. The minimum Gasteiger partial charge on any atom is -0.381 e. The summed E-state index contributed by atoms with van der Waals surface area (Å²) in [4.78, 5) is 11.5. The molecule has 0 unspecified atom stereocenters. The van der Waals surface area contributed by atoms with Gasteiger partial charge in [-0.05, 0) is 57.2 Å². The highest BCUT2D eigenvalue weighted by Crippen LogP contribution is 2.26. The molecule has 28 heavy (non-hydrogen) atoms. The number of anilines is 2. The van der Waals surface area contributed by atoms with Crippen molar-refractivity contribution in [1.29, 1.82) is 0 Å². The Morgan fingerprint density at radius 1 is 1.00 bits per heavy atom. The second-order valence-electron chi connectivity index (χ2n) is 7.85. The molecule has 2 fully saturated rings. The van der Waals surface area contributed by atoms with E-state index < -0.39 is 0 Å². The molecule has 0 atom stereocenters. The van der Waals surface area contributed by atoms with Crippen LogP contribution in [0.15, 0.2) is 24.3 Å². The van der Waals surface area contributed by atoms with E-state index >= 15 is 0 Å². The van der Waals surface area contributed by atoms with Gasteiger partial charge in [0.2, 0.25) is 5.95 Å². The van der Waals surface area contributed by atoms with Crippen molar-refractivity contribution >= 4 is 22.7 Å². The van der Waals surface area contributed by atoms with Gasteiger partial charge in [0, 0.05) is 44.8 Å². The first-order valence-electron chi connectivity index (χ1n) is 10.7. The van der Waals surface area contributed by atoms with Crippen molar-refractivity contribution in [2.24, 2.45) is 0 Å². The maximum atomic E-state index is 4.94. The number of nitrogens with zero attached hydrogens (tertiary/aromatic N) is 3. The number of nitrogens with one attached hydrogen (secondary N) is 2. The van der Waals surface area contributed by atoms with Gasteiger partial charge in [0.15, 0.2) is 0 Å². The fraction of sp³-hybridized carbons (Fsp3) is 0.636. The molecule has 6 nitrogen and oxygen atoms in total. The van der Waals surface area contributed by atoms with Crippen molar-refractivity contribution in [1.82, 2.24) is 15.3 Å². The van der Waals surface area contributed by atoms with Crippen LogP contribution in [0.4, 0.5) is 11.8 Å². The minimum absolute atomic E-state index is 0.473. The number of rotatable bonds is 5. The second kappa shape index (κ2) is 10.6. The van der Waals surface area contributed by atoms with Crippen molar-refractivity contribution in [3.63, 3.8) is 0 Å². The lowest BCUT2D eigenvalue weighted by molar-refractivity contribution is 0.198. The maximum absolute atomic E-state index is 4.94. The molecule has 2 N–H and O–H groups in total. The molecule has 0 radical (unpaired) electrons. The first-order chi connectivity index (χ1) is 13.7. The standard InChI is InChI=1S/C18H27N5.C4H8O/c1-4-19-13-9-11-14(12-10-13)20-18-21-16-8-6-5-7-15(16)17(22-18)23(2)3;1-2-4-5-3-1/h5-8,13-14,19H,4,9-12H2,1-3H3,(H,20,21,22);1-4H2. The van der Waals surface area contributed by atoms with Gasteiger partial charge in [0.05, 0.1) is 5.52 Å². The Labute approximate surface area is 169 Å². The Kier molecular flexibility index (Phi) is 7.86. The predicted molar refractivity (Wildman–Crippen MR) is 117 cm³/mol. The third-order valence-corrected chi connectivity index (χ3v) is 5.39. The second-order valence-corrected chi connectivity index (χ2v) is 7.85. The third kappa shape index (κ3) is 5.79. The molecule has 1 aliphatic carbocycles. The average Bonchev–Trinajstić information content (AvgIpc) is 3.29. The number of fused-ring (bicyclic) bond motifs is 1. The van der Waals surface area contributed by atoms with E-state index in [0.717, 1.165) is 42.4 Å². The number of ether oxygens (including phenoxy) is 1. The van der Waals surface area contributed by atoms with E-state index in [-0.39, 0.29) is 0 Å². The highest BCUT2D eigenvalue weighted by molar-refractivity contribution is 5.90. The molecule has 1 saturated carbocycles. The van der Waals surface area contributed by atoms with Crippen LogP contribution in [-0.4, -0.2) is 55.9 Å². The van der Waals surface area contributed by atoms with Crippen LogP contribution < -0.4 is 15.5 Å². The lowest BCUT2D eigenvalue weighted by Gasteiger charge is -2.29. The largest absolute Gasteiger partial charge is 0.381 e. The van der Waals surface area contributed by atoms with Crippen LogP contribution in [0, 0.1) is 0 Å². The van der Waals surface area contributed by atoms with Gasteiger partial charge in [0.1, 0.15) is 5.82 Å². The van der Waals surface area contributed by atoms with Crippen molar-refractivity contribution in [2.45, 2.75) is 57.5 Å². The Morgan fingerprint density at radius 3 is 2.29 bits per heavy atom. The van der Waals surface area contributed by atoms with Crippen molar-refractivity contribution < 1.29 is 4.74 Å². The summed E-state index contributed by atoms with van der Waals surface area (Å²) in [6, 6.07) is 9.34. The lowest BCUT2D eigenvalue weighted by Crippen LogP contribution is -2.37. The van der Waals surface area contributed by atoms with Gasteiger partial charge in [-0.1, -0.05) is 19.1 Å². The van der Waals surface area contributed by atoms with Crippen LogP contribution in [0.1, 0.15) is 45.4 Å². The van der Waals surface area contributed by atoms with Gasteiger partial charge in [-0.2, -0.15) is 4.98 Å². The quantitative estimate of drug-likeness (QED) is 0.816. The highest BCUT2D eigenvalue weighted by Gasteiger charge is 2.21. The number of para-hydroxylation sites is 1. The lowest BCUT2D eigenvalue weighted by atomic mass is 9.91. The summed E-state index contributed by atoms with van der Waals surface area (Å²) in [6.07, 6.45) is 7.34. The molecule has 154 valence electrons. The normalized spacial score (nSPS) is 21.8. The predicted octanol–water partition coefficient (Wildman–Crippen LogP) is 3.83. The van der Waals surface area contributed by atoms with E-state index in [0.29, 0.717) is 12.1 Å². The molecule has 2 aliphatic rings. The number of hydrogen-bond acceptors (Lipinski definition) is 6. The van der Waals surface area contributed by atoms with Crippen LogP contribution in [0.5, 0.6) is 0 Å². The maximum Gasteiger partial charge on any atom is 0.225 e. The Morgan fingerprint density at radius 2 is 1.68 bits per heavy atom. The van der Waals surface area contributed by atoms with Gasteiger partial charge >= 0.3 is 0 Å². The summed E-state index contributed by atoms with van der Waals surface area (Å²) in [7, 11) is 4.06. The van der Waals surface area contributed by atoms with Crippen LogP contribution in [-0.2, 0) is 4.74 Å². The molecule has 6 heteroatoms. The summed E-state index contributed by atoms with van der Waals surface area (Å²) in [5.74, 6) is 1.72. The molecule has 1 aromatic carbocycles. The van der Waals surface area contributed by atoms with E-state index in [2.05, 4.69) is 34.6 Å². The van der Waals surface area contributed by atoms with E-state index in [1.165, 1.54) is 38.5 Å². The molecule has 0 spiro atoms. The zero-order valence-electron chi connectivity index (χ0n) is 17.6. The number of aromatic nitrogens is 2. The molecular weight excluding hydrogens is 350 g/mol. The molecular formula is C22H35N5O. The molecule has 1 aliphatic heterocycles.